The summed E-state index contributed by atoms with van der Waals surface area (Å²) in [5.74, 6) is 1.49. The zero-order chi connectivity index (χ0) is 14.2. The van der Waals surface area contributed by atoms with Gasteiger partial charge in [-0.1, -0.05) is 54.6 Å². The van der Waals surface area contributed by atoms with Crippen molar-refractivity contribution in [3.8, 4) is 0 Å². The molecule has 1 aromatic heterocycles. The summed E-state index contributed by atoms with van der Waals surface area (Å²) < 4.78 is 0. The maximum Gasteiger partial charge on any atom is 0.156 e. The van der Waals surface area contributed by atoms with Crippen LogP contribution in [0.15, 0.2) is 54.6 Å². The van der Waals surface area contributed by atoms with Crippen molar-refractivity contribution >= 4 is 16.6 Å². The summed E-state index contributed by atoms with van der Waals surface area (Å²) in [5, 5.41) is 14.5. The lowest BCUT2D eigenvalue weighted by molar-refractivity contribution is 0.967. The summed E-state index contributed by atoms with van der Waals surface area (Å²) in [6, 6.07) is 19.4. The van der Waals surface area contributed by atoms with E-state index < -0.39 is 0 Å². The predicted octanol–water partition coefficient (Wildman–Crippen LogP) is 3.91. The largest absolute Gasteiger partial charge is 0.365 e. The van der Waals surface area contributed by atoms with Gasteiger partial charge in [-0.05, 0) is 18.9 Å². The van der Waals surface area contributed by atoms with Gasteiger partial charge in [-0.3, -0.25) is 0 Å². The van der Waals surface area contributed by atoms with Crippen molar-refractivity contribution < 1.29 is 0 Å². The van der Waals surface area contributed by atoms with E-state index in [1.807, 2.05) is 13.0 Å². The number of anilines is 1. The van der Waals surface area contributed by atoms with Gasteiger partial charge in [0, 0.05) is 22.7 Å². The fourth-order valence-corrected chi connectivity index (χ4v) is 2.94. The van der Waals surface area contributed by atoms with E-state index in [9.17, 15) is 0 Å². The molecule has 3 heteroatoms. The van der Waals surface area contributed by atoms with Crippen LogP contribution in [0.2, 0.25) is 0 Å². The fourth-order valence-electron chi connectivity index (χ4n) is 2.94. The highest BCUT2D eigenvalue weighted by Crippen LogP contribution is 2.43. The number of nitrogens with zero attached hydrogens (tertiary/aromatic N) is 2. The summed E-state index contributed by atoms with van der Waals surface area (Å²) in [5.41, 5.74) is 2.38. The minimum atomic E-state index is 0.466. The van der Waals surface area contributed by atoms with E-state index in [-0.39, 0.29) is 0 Å². The highest BCUT2D eigenvalue weighted by Gasteiger charge is 2.38. The number of aromatic nitrogens is 2. The van der Waals surface area contributed by atoms with Crippen LogP contribution in [0.4, 0.5) is 5.82 Å². The van der Waals surface area contributed by atoms with Crippen LogP contribution in [0.5, 0.6) is 0 Å². The Morgan fingerprint density at radius 3 is 2.43 bits per heavy atom. The molecule has 0 aliphatic heterocycles. The molecule has 1 heterocycles. The number of nitrogens with one attached hydrogen (secondary N) is 1. The van der Waals surface area contributed by atoms with Crippen LogP contribution in [-0.4, -0.2) is 16.2 Å². The number of benzene rings is 2. The third-order valence-electron chi connectivity index (χ3n) is 4.21. The van der Waals surface area contributed by atoms with Gasteiger partial charge in [-0.15, -0.1) is 5.10 Å². The fraction of sp³-hybridized carbons (Fsp3) is 0.222. The molecular formula is C18H17N3. The maximum absolute atomic E-state index is 4.35. The SMILES string of the molecule is Cc1nnc(NC2CC2c2ccccc2)c2ccccc12. The normalized spacial score (nSPS) is 20.4. The lowest BCUT2D eigenvalue weighted by Crippen LogP contribution is -2.07. The van der Waals surface area contributed by atoms with E-state index in [1.54, 1.807) is 0 Å². The van der Waals surface area contributed by atoms with E-state index in [4.69, 9.17) is 0 Å². The number of rotatable bonds is 3. The molecule has 1 aliphatic rings. The Hall–Kier alpha value is -2.42. The van der Waals surface area contributed by atoms with Gasteiger partial charge in [-0.2, -0.15) is 5.10 Å². The molecule has 4 rings (SSSR count). The van der Waals surface area contributed by atoms with Crippen LogP contribution in [0, 0.1) is 6.92 Å². The standard InChI is InChI=1S/C18H17N3/c1-12-14-9-5-6-10-15(14)18(21-20-12)19-17-11-16(17)13-7-3-2-4-8-13/h2-10,16-17H,11H2,1H3,(H,19,21). The number of aryl methyl sites for hydroxylation is 1. The molecule has 0 radical (unpaired) electrons. The van der Waals surface area contributed by atoms with Gasteiger partial charge in [0.1, 0.15) is 0 Å². The minimum Gasteiger partial charge on any atom is -0.365 e. The van der Waals surface area contributed by atoms with Crippen molar-refractivity contribution in [1.29, 1.82) is 0 Å². The molecule has 2 unspecified atom stereocenters. The van der Waals surface area contributed by atoms with Gasteiger partial charge >= 0.3 is 0 Å². The molecule has 3 nitrogen and oxygen atoms in total. The molecule has 21 heavy (non-hydrogen) atoms. The van der Waals surface area contributed by atoms with Gasteiger partial charge in [0.15, 0.2) is 5.82 Å². The van der Waals surface area contributed by atoms with Crippen molar-refractivity contribution in [2.45, 2.75) is 25.3 Å². The molecule has 0 spiro atoms. The molecule has 1 fully saturated rings. The van der Waals surface area contributed by atoms with Crippen LogP contribution in [0.3, 0.4) is 0 Å². The van der Waals surface area contributed by atoms with Gasteiger partial charge in [-0.25, -0.2) is 0 Å². The van der Waals surface area contributed by atoms with E-state index >= 15 is 0 Å². The topological polar surface area (TPSA) is 37.8 Å². The minimum absolute atomic E-state index is 0.466. The van der Waals surface area contributed by atoms with Crippen molar-refractivity contribution in [1.82, 2.24) is 10.2 Å². The molecular weight excluding hydrogens is 258 g/mol. The van der Waals surface area contributed by atoms with Gasteiger partial charge in [0.05, 0.1) is 5.69 Å². The van der Waals surface area contributed by atoms with E-state index in [2.05, 4.69) is 64.0 Å². The third-order valence-corrected chi connectivity index (χ3v) is 4.21. The first-order chi connectivity index (χ1) is 10.3. The summed E-state index contributed by atoms with van der Waals surface area (Å²) in [4.78, 5) is 0. The van der Waals surface area contributed by atoms with E-state index in [0.717, 1.165) is 23.3 Å². The predicted molar refractivity (Wildman–Crippen MR) is 85.5 cm³/mol. The smallest absolute Gasteiger partial charge is 0.156 e. The Balaban J connectivity index is 1.61. The second-order valence-corrected chi connectivity index (χ2v) is 5.68. The first-order valence-corrected chi connectivity index (χ1v) is 7.36. The lowest BCUT2D eigenvalue weighted by Gasteiger charge is -2.09. The van der Waals surface area contributed by atoms with E-state index in [0.29, 0.717) is 12.0 Å². The summed E-state index contributed by atoms with van der Waals surface area (Å²) in [6.07, 6.45) is 1.16. The monoisotopic (exact) mass is 275 g/mol. The summed E-state index contributed by atoms with van der Waals surface area (Å²) >= 11 is 0. The van der Waals surface area contributed by atoms with E-state index in [1.165, 1.54) is 10.9 Å². The second-order valence-electron chi connectivity index (χ2n) is 5.68. The quantitative estimate of drug-likeness (QED) is 0.787. The van der Waals surface area contributed by atoms with Gasteiger partial charge in [0.25, 0.3) is 0 Å². The molecule has 0 amide bonds. The zero-order valence-electron chi connectivity index (χ0n) is 12.0. The van der Waals surface area contributed by atoms with Crippen LogP contribution in [-0.2, 0) is 0 Å². The van der Waals surface area contributed by atoms with Crippen molar-refractivity contribution in [2.24, 2.45) is 0 Å². The van der Waals surface area contributed by atoms with Crippen LogP contribution in [0.25, 0.3) is 10.8 Å². The summed E-state index contributed by atoms with van der Waals surface area (Å²) in [6.45, 7) is 2.00. The second kappa shape index (κ2) is 4.85. The van der Waals surface area contributed by atoms with Crippen LogP contribution in [0.1, 0.15) is 23.6 Å². The molecule has 3 aromatic rings. The zero-order valence-corrected chi connectivity index (χ0v) is 12.0. The first-order valence-electron chi connectivity index (χ1n) is 7.36. The highest BCUT2D eigenvalue weighted by molar-refractivity contribution is 5.93. The Bertz CT molecular complexity index is 783. The molecule has 0 bridgehead atoms. The molecule has 1 N–H and O–H groups in total. The van der Waals surface area contributed by atoms with Crippen LogP contribution < -0.4 is 5.32 Å². The molecule has 104 valence electrons. The molecule has 2 atom stereocenters. The number of hydrogen-bond donors (Lipinski definition) is 1. The molecule has 0 saturated heterocycles. The third kappa shape index (κ3) is 2.25. The van der Waals surface area contributed by atoms with Gasteiger partial charge in [0.2, 0.25) is 0 Å². The average Bonchev–Trinajstić information content (AvgIpc) is 3.31. The van der Waals surface area contributed by atoms with Crippen LogP contribution >= 0.6 is 0 Å². The highest BCUT2D eigenvalue weighted by atomic mass is 15.2. The Kier molecular flexibility index (Phi) is 2.85. The molecule has 2 aromatic carbocycles. The molecule has 1 saturated carbocycles. The Morgan fingerprint density at radius 1 is 0.905 bits per heavy atom. The van der Waals surface area contributed by atoms with Crippen molar-refractivity contribution in [3.05, 3.63) is 65.9 Å². The lowest BCUT2D eigenvalue weighted by atomic mass is 10.1. The first kappa shape index (κ1) is 12.3. The Labute approximate surface area is 124 Å². The van der Waals surface area contributed by atoms with Gasteiger partial charge < -0.3 is 5.32 Å². The number of fused-ring (bicyclic) bond motifs is 1. The Morgan fingerprint density at radius 2 is 1.62 bits per heavy atom. The number of hydrogen-bond acceptors (Lipinski definition) is 3. The average molecular weight is 275 g/mol. The van der Waals surface area contributed by atoms with Crippen molar-refractivity contribution in [3.63, 3.8) is 0 Å². The molecule has 1 aliphatic carbocycles. The maximum atomic E-state index is 4.35. The summed E-state index contributed by atoms with van der Waals surface area (Å²) in [7, 11) is 0. The van der Waals surface area contributed by atoms with Crippen molar-refractivity contribution in [2.75, 3.05) is 5.32 Å².